The highest BCUT2D eigenvalue weighted by atomic mass is 16.5. The Hall–Kier alpha value is -0.650. The van der Waals surface area contributed by atoms with Crippen LogP contribution in [0.5, 0.6) is 0 Å². The van der Waals surface area contributed by atoms with Gasteiger partial charge in [-0.3, -0.25) is 10.2 Å². The summed E-state index contributed by atoms with van der Waals surface area (Å²) in [5.74, 6) is 4.89. The molecule has 82 valence electrons. The smallest absolute Gasteiger partial charge is 0.235 e. The SMILES string of the molecule is CC1CN(CCC(=O)NN)CCCO1. The van der Waals surface area contributed by atoms with Crippen molar-refractivity contribution in [2.75, 3.05) is 26.2 Å². The minimum Gasteiger partial charge on any atom is -0.377 e. The quantitative estimate of drug-likeness (QED) is 0.366. The van der Waals surface area contributed by atoms with E-state index in [1.807, 2.05) is 0 Å². The Morgan fingerprint density at radius 3 is 3.21 bits per heavy atom. The van der Waals surface area contributed by atoms with Crippen molar-refractivity contribution in [3.05, 3.63) is 0 Å². The third-order valence-corrected chi connectivity index (χ3v) is 2.35. The number of amides is 1. The number of carbonyl (C=O) groups excluding carboxylic acids is 1. The molecule has 1 unspecified atom stereocenters. The van der Waals surface area contributed by atoms with Crippen LogP contribution in [-0.2, 0) is 9.53 Å². The van der Waals surface area contributed by atoms with Crippen LogP contribution in [0.3, 0.4) is 0 Å². The summed E-state index contributed by atoms with van der Waals surface area (Å²) in [7, 11) is 0. The molecule has 1 heterocycles. The molecular formula is C9H19N3O2. The van der Waals surface area contributed by atoms with Gasteiger partial charge in [-0.1, -0.05) is 0 Å². The van der Waals surface area contributed by atoms with E-state index < -0.39 is 0 Å². The van der Waals surface area contributed by atoms with E-state index in [-0.39, 0.29) is 12.0 Å². The molecule has 0 aromatic heterocycles. The molecular weight excluding hydrogens is 182 g/mol. The van der Waals surface area contributed by atoms with Gasteiger partial charge in [0.2, 0.25) is 5.91 Å². The van der Waals surface area contributed by atoms with Crippen LogP contribution in [0, 0.1) is 0 Å². The Balaban J connectivity index is 2.24. The van der Waals surface area contributed by atoms with Crippen molar-refractivity contribution < 1.29 is 9.53 Å². The van der Waals surface area contributed by atoms with Crippen LogP contribution in [0.2, 0.25) is 0 Å². The van der Waals surface area contributed by atoms with Crippen molar-refractivity contribution in [1.29, 1.82) is 0 Å². The third kappa shape index (κ3) is 4.04. The van der Waals surface area contributed by atoms with Gasteiger partial charge < -0.3 is 9.64 Å². The van der Waals surface area contributed by atoms with Crippen LogP contribution >= 0.6 is 0 Å². The highest BCUT2D eigenvalue weighted by molar-refractivity contribution is 5.75. The van der Waals surface area contributed by atoms with Gasteiger partial charge in [-0.2, -0.15) is 0 Å². The molecule has 0 aromatic carbocycles. The number of nitrogens with one attached hydrogen (secondary N) is 1. The predicted octanol–water partition coefficient (Wildman–Crippen LogP) is -0.523. The number of hydrazine groups is 1. The standard InChI is InChI=1S/C9H19N3O2/c1-8-7-12(4-2-6-14-8)5-3-9(13)11-10/h8H,2-7,10H2,1H3,(H,11,13). The van der Waals surface area contributed by atoms with Crippen molar-refractivity contribution in [1.82, 2.24) is 10.3 Å². The summed E-state index contributed by atoms with van der Waals surface area (Å²) in [5.41, 5.74) is 2.13. The Morgan fingerprint density at radius 1 is 1.71 bits per heavy atom. The Morgan fingerprint density at radius 2 is 2.50 bits per heavy atom. The lowest BCUT2D eigenvalue weighted by Gasteiger charge is -2.20. The maximum absolute atomic E-state index is 10.9. The molecule has 5 nitrogen and oxygen atoms in total. The fourth-order valence-corrected chi connectivity index (χ4v) is 1.62. The van der Waals surface area contributed by atoms with Gasteiger partial charge in [-0.25, -0.2) is 5.84 Å². The number of rotatable bonds is 3. The molecule has 1 aliphatic heterocycles. The van der Waals surface area contributed by atoms with Gasteiger partial charge >= 0.3 is 0 Å². The zero-order chi connectivity index (χ0) is 10.4. The molecule has 1 fully saturated rings. The van der Waals surface area contributed by atoms with Gasteiger partial charge in [0.15, 0.2) is 0 Å². The first-order chi connectivity index (χ1) is 6.72. The number of hydrogen-bond acceptors (Lipinski definition) is 4. The second-order valence-corrected chi connectivity index (χ2v) is 3.65. The van der Waals surface area contributed by atoms with Gasteiger partial charge in [0.1, 0.15) is 0 Å². The zero-order valence-corrected chi connectivity index (χ0v) is 8.66. The van der Waals surface area contributed by atoms with E-state index >= 15 is 0 Å². The van der Waals surface area contributed by atoms with E-state index in [0.717, 1.165) is 32.7 Å². The van der Waals surface area contributed by atoms with Gasteiger partial charge in [-0.05, 0) is 13.3 Å². The number of carbonyl (C=O) groups is 1. The van der Waals surface area contributed by atoms with E-state index in [9.17, 15) is 4.79 Å². The van der Waals surface area contributed by atoms with Crippen molar-refractivity contribution in [3.8, 4) is 0 Å². The first kappa shape index (κ1) is 11.4. The van der Waals surface area contributed by atoms with E-state index in [1.54, 1.807) is 0 Å². The minimum atomic E-state index is -0.109. The van der Waals surface area contributed by atoms with Gasteiger partial charge in [0, 0.05) is 32.7 Å². The van der Waals surface area contributed by atoms with Crippen LogP contribution in [0.15, 0.2) is 0 Å². The molecule has 0 aromatic rings. The topological polar surface area (TPSA) is 67.6 Å². The Bertz CT molecular complexity index is 187. The zero-order valence-electron chi connectivity index (χ0n) is 8.66. The summed E-state index contributed by atoms with van der Waals surface area (Å²) in [4.78, 5) is 13.2. The second kappa shape index (κ2) is 5.95. The summed E-state index contributed by atoms with van der Waals surface area (Å²) >= 11 is 0. The monoisotopic (exact) mass is 201 g/mol. The van der Waals surface area contributed by atoms with Crippen LogP contribution < -0.4 is 11.3 Å². The third-order valence-electron chi connectivity index (χ3n) is 2.35. The minimum absolute atomic E-state index is 0.109. The number of hydrogen-bond donors (Lipinski definition) is 2. The number of ether oxygens (including phenoxy) is 1. The lowest BCUT2D eigenvalue weighted by molar-refractivity contribution is -0.121. The van der Waals surface area contributed by atoms with E-state index in [1.165, 1.54) is 0 Å². The molecule has 3 N–H and O–H groups in total. The maximum atomic E-state index is 10.9. The van der Waals surface area contributed by atoms with Crippen LogP contribution in [0.25, 0.3) is 0 Å². The fraction of sp³-hybridized carbons (Fsp3) is 0.889. The molecule has 5 heteroatoms. The van der Waals surface area contributed by atoms with Crippen molar-refractivity contribution in [2.45, 2.75) is 25.9 Å². The number of nitrogens with zero attached hydrogens (tertiary/aromatic N) is 1. The van der Waals surface area contributed by atoms with Gasteiger partial charge in [0.25, 0.3) is 0 Å². The maximum Gasteiger partial charge on any atom is 0.235 e. The van der Waals surface area contributed by atoms with Crippen molar-refractivity contribution in [3.63, 3.8) is 0 Å². The second-order valence-electron chi connectivity index (χ2n) is 3.65. The number of nitrogens with two attached hydrogens (primary N) is 1. The highest BCUT2D eigenvalue weighted by Crippen LogP contribution is 2.05. The van der Waals surface area contributed by atoms with E-state index in [2.05, 4.69) is 17.2 Å². The van der Waals surface area contributed by atoms with Crippen LogP contribution in [0.1, 0.15) is 19.8 Å². The van der Waals surface area contributed by atoms with Crippen molar-refractivity contribution >= 4 is 5.91 Å². The lowest BCUT2D eigenvalue weighted by Crippen LogP contribution is -2.36. The van der Waals surface area contributed by atoms with Crippen LogP contribution in [-0.4, -0.2) is 43.2 Å². The molecule has 0 saturated carbocycles. The molecule has 1 aliphatic rings. The normalized spacial score (nSPS) is 24.3. The van der Waals surface area contributed by atoms with Gasteiger partial charge in [0.05, 0.1) is 6.10 Å². The molecule has 1 atom stereocenters. The predicted molar refractivity (Wildman–Crippen MR) is 53.4 cm³/mol. The largest absolute Gasteiger partial charge is 0.377 e. The summed E-state index contributed by atoms with van der Waals surface area (Å²) < 4.78 is 5.50. The Labute approximate surface area is 84.5 Å². The molecule has 1 rings (SSSR count). The molecule has 1 amide bonds. The van der Waals surface area contributed by atoms with E-state index in [4.69, 9.17) is 10.6 Å². The van der Waals surface area contributed by atoms with Gasteiger partial charge in [-0.15, -0.1) is 0 Å². The first-order valence-corrected chi connectivity index (χ1v) is 5.06. The summed E-state index contributed by atoms with van der Waals surface area (Å²) in [6, 6.07) is 0. The van der Waals surface area contributed by atoms with Crippen molar-refractivity contribution in [2.24, 2.45) is 5.84 Å². The summed E-state index contributed by atoms with van der Waals surface area (Å²) in [5, 5.41) is 0. The Kier molecular flexibility index (Phi) is 4.86. The average Bonchev–Trinajstić information content (AvgIpc) is 2.39. The molecule has 0 bridgehead atoms. The summed E-state index contributed by atoms with van der Waals surface area (Å²) in [6.45, 7) is 5.54. The molecule has 0 radical (unpaired) electrons. The molecule has 0 spiro atoms. The lowest BCUT2D eigenvalue weighted by atomic mass is 10.3. The average molecular weight is 201 g/mol. The fourth-order valence-electron chi connectivity index (χ4n) is 1.62. The summed E-state index contributed by atoms with van der Waals surface area (Å²) in [6.07, 6.45) is 1.76. The molecule has 14 heavy (non-hydrogen) atoms. The first-order valence-electron chi connectivity index (χ1n) is 5.06. The molecule has 0 aliphatic carbocycles. The molecule has 1 saturated heterocycles. The van der Waals surface area contributed by atoms with Crippen LogP contribution in [0.4, 0.5) is 0 Å². The van der Waals surface area contributed by atoms with E-state index in [0.29, 0.717) is 6.42 Å². The highest BCUT2D eigenvalue weighted by Gasteiger charge is 2.15.